The molecule has 1 aromatic heterocycles. The molecule has 0 radical (unpaired) electrons. The molecule has 0 unspecified atom stereocenters. The Hall–Kier alpha value is -2.21. The number of ether oxygens (including phenoxy) is 1. The summed E-state index contributed by atoms with van der Waals surface area (Å²) in [6.07, 6.45) is 5.85. The molecular formula is C23H31N3O2S. The van der Waals surface area contributed by atoms with Gasteiger partial charge in [-0.3, -0.25) is 4.98 Å². The summed E-state index contributed by atoms with van der Waals surface area (Å²) in [5, 5.41) is 0. The summed E-state index contributed by atoms with van der Waals surface area (Å²) < 4.78 is 5.98. The summed E-state index contributed by atoms with van der Waals surface area (Å²) in [5.74, 6) is 1.28. The monoisotopic (exact) mass is 413 g/mol. The highest BCUT2D eigenvalue weighted by Gasteiger charge is 2.25. The third kappa shape index (κ3) is 5.66. The van der Waals surface area contributed by atoms with E-state index < -0.39 is 0 Å². The number of hydrogen-bond donors (Lipinski definition) is 0. The number of carbonyl (C=O) groups excluding carboxylic acids is 1. The molecule has 6 heteroatoms. The number of hydrogen-bond acceptors (Lipinski definition) is 4. The highest BCUT2D eigenvalue weighted by atomic mass is 32.2. The second-order valence-corrected chi connectivity index (χ2v) is 8.18. The molecule has 1 fully saturated rings. The smallest absolute Gasteiger partial charge is 0.319 e. The quantitative estimate of drug-likeness (QED) is 0.598. The van der Waals surface area contributed by atoms with Crippen LogP contribution in [0.25, 0.3) is 11.3 Å². The van der Waals surface area contributed by atoms with Crippen LogP contribution in [0.4, 0.5) is 4.79 Å². The Labute approximate surface area is 178 Å². The third-order valence-corrected chi connectivity index (χ3v) is 6.27. The number of nitrogens with zero attached hydrogens (tertiary/aromatic N) is 3. The number of urea groups is 1. The fourth-order valence-corrected chi connectivity index (χ4v) is 4.01. The minimum absolute atomic E-state index is 0.166. The Bertz CT molecular complexity index is 768. The van der Waals surface area contributed by atoms with Crippen LogP contribution in [0.3, 0.4) is 0 Å². The first-order chi connectivity index (χ1) is 14.1. The summed E-state index contributed by atoms with van der Waals surface area (Å²) in [7, 11) is 0. The van der Waals surface area contributed by atoms with Crippen LogP contribution < -0.4 is 4.74 Å². The molecule has 0 saturated carbocycles. The zero-order chi connectivity index (χ0) is 20.6. The molecule has 0 N–H and O–H groups in total. The lowest BCUT2D eigenvalue weighted by atomic mass is 9.98. The Morgan fingerprint density at radius 1 is 1.14 bits per heavy atom. The molecule has 1 aliphatic heterocycles. The molecule has 3 rings (SSSR count). The van der Waals surface area contributed by atoms with Gasteiger partial charge in [0.25, 0.3) is 0 Å². The first-order valence-corrected chi connectivity index (χ1v) is 11.6. The molecule has 1 aliphatic rings. The minimum Gasteiger partial charge on any atom is -0.492 e. The number of carbonyl (C=O) groups is 1. The van der Waals surface area contributed by atoms with Gasteiger partial charge in [-0.1, -0.05) is 12.1 Å². The molecule has 2 aromatic rings. The van der Waals surface area contributed by atoms with E-state index in [9.17, 15) is 4.79 Å². The standard InChI is InChI=1S/C23H31N3O2S/c1-4-25(5-2)23(27)26-14-12-18(13-15-26)17-28-20-8-11-22(24-16-20)19-6-9-21(29-3)10-7-19/h6-11,16,18H,4-5,12-15,17H2,1-3H3. The predicted octanol–water partition coefficient (Wildman–Crippen LogP) is 5.02. The highest BCUT2D eigenvalue weighted by molar-refractivity contribution is 7.98. The van der Waals surface area contributed by atoms with Crippen molar-refractivity contribution >= 4 is 17.8 Å². The van der Waals surface area contributed by atoms with E-state index in [1.807, 2.05) is 35.8 Å². The first kappa shape index (κ1) is 21.5. The van der Waals surface area contributed by atoms with E-state index in [2.05, 4.69) is 35.5 Å². The zero-order valence-corrected chi connectivity index (χ0v) is 18.5. The van der Waals surface area contributed by atoms with Crippen molar-refractivity contribution in [3.8, 4) is 17.0 Å². The number of rotatable bonds is 7. The van der Waals surface area contributed by atoms with Crippen LogP contribution in [0.5, 0.6) is 5.75 Å². The Morgan fingerprint density at radius 3 is 2.38 bits per heavy atom. The first-order valence-electron chi connectivity index (χ1n) is 10.4. The number of piperidine rings is 1. The van der Waals surface area contributed by atoms with E-state index >= 15 is 0 Å². The van der Waals surface area contributed by atoms with Crippen LogP contribution in [0.1, 0.15) is 26.7 Å². The van der Waals surface area contributed by atoms with Gasteiger partial charge in [-0.2, -0.15) is 0 Å². The summed E-state index contributed by atoms with van der Waals surface area (Å²) in [6.45, 7) is 7.89. The zero-order valence-electron chi connectivity index (χ0n) is 17.6. The molecule has 0 atom stereocenters. The van der Waals surface area contributed by atoms with E-state index in [4.69, 9.17) is 4.74 Å². The van der Waals surface area contributed by atoms with Gasteiger partial charge >= 0.3 is 6.03 Å². The van der Waals surface area contributed by atoms with Crippen LogP contribution in [0, 0.1) is 5.92 Å². The number of benzene rings is 1. The molecular weight excluding hydrogens is 382 g/mol. The van der Waals surface area contributed by atoms with Crippen LogP contribution >= 0.6 is 11.8 Å². The predicted molar refractivity (Wildman–Crippen MR) is 120 cm³/mol. The van der Waals surface area contributed by atoms with Gasteiger partial charge < -0.3 is 14.5 Å². The fourth-order valence-electron chi connectivity index (χ4n) is 3.60. The van der Waals surface area contributed by atoms with Crippen molar-refractivity contribution in [3.63, 3.8) is 0 Å². The second-order valence-electron chi connectivity index (χ2n) is 7.30. The van der Waals surface area contributed by atoms with E-state index in [0.717, 1.165) is 56.0 Å². The largest absolute Gasteiger partial charge is 0.492 e. The van der Waals surface area contributed by atoms with Gasteiger partial charge in [0, 0.05) is 36.6 Å². The molecule has 0 spiro atoms. The third-order valence-electron chi connectivity index (χ3n) is 5.53. The summed E-state index contributed by atoms with van der Waals surface area (Å²) in [6, 6.07) is 12.6. The fraction of sp³-hybridized carbons (Fsp3) is 0.478. The second kappa shape index (κ2) is 10.5. The average molecular weight is 414 g/mol. The van der Waals surface area contributed by atoms with Gasteiger partial charge in [-0.15, -0.1) is 11.8 Å². The number of pyridine rings is 1. The lowest BCUT2D eigenvalue weighted by Gasteiger charge is -2.35. The van der Waals surface area contributed by atoms with Crippen molar-refractivity contribution in [1.29, 1.82) is 0 Å². The maximum absolute atomic E-state index is 12.4. The van der Waals surface area contributed by atoms with Gasteiger partial charge in [0.1, 0.15) is 5.75 Å². The van der Waals surface area contributed by atoms with Crippen LogP contribution in [-0.4, -0.2) is 59.9 Å². The minimum atomic E-state index is 0.166. The van der Waals surface area contributed by atoms with Gasteiger partial charge in [-0.05, 0) is 63.1 Å². The molecule has 29 heavy (non-hydrogen) atoms. The van der Waals surface area contributed by atoms with Crippen molar-refractivity contribution in [3.05, 3.63) is 42.6 Å². The molecule has 2 amide bonds. The Morgan fingerprint density at radius 2 is 1.83 bits per heavy atom. The van der Waals surface area contributed by atoms with Gasteiger partial charge in [0.05, 0.1) is 18.5 Å². The lowest BCUT2D eigenvalue weighted by Crippen LogP contribution is -2.47. The van der Waals surface area contributed by atoms with Crippen molar-refractivity contribution < 1.29 is 9.53 Å². The molecule has 1 aromatic carbocycles. The lowest BCUT2D eigenvalue weighted by molar-refractivity contribution is 0.121. The van der Waals surface area contributed by atoms with E-state index in [1.165, 1.54) is 4.90 Å². The van der Waals surface area contributed by atoms with E-state index in [-0.39, 0.29) is 6.03 Å². The summed E-state index contributed by atoms with van der Waals surface area (Å²) in [5.41, 5.74) is 2.06. The van der Waals surface area contributed by atoms with Crippen molar-refractivity contribution in [2.24, 2.45) is 5.92 Å². The molecule has 2 heterocycles. The highest BCUT2D eigenvalue weighted by Crippen LogP contribution is 2.24. The molecule has 0 bridgehead atoms. The number of amides is 2. The van der Waals surface area contributed by atoms with Gasteiger partial charge in [0.2, 0.25) is 0 Å². The SMILES string of the molecule is CCN(CC)C(=O)N1CCC(COc2ccc(-c3ccc(SC)cc3)nc2)CC1. The van der Waals surface area contributed by atoms with Crippen molar-refractivity contribution in [2.75, 3.05) is 39.0 Å². The molecule has 0 aliphatic carbocycles. The molecule has 5 nitrogen and oxygen atoms in total. The average Bonchev–Trinajstić information content (AvgIpc) is 2.79. The Balaban J connectivity index is 1.46. The van der Waals surface area contributed by atoms with Crippen molar-refractivity contribution in [1.82, 2.24) is 14.8 Å². The van der Waals surface area contributed by atoms with Crippen LogP contribution in [0.2, 0.25) is 0 Å². The summed E-state index contributed by atoms with van der Waals surface area (Å²) in [4.78, 5) is 22.1. The maximum Gasteiger partial charge on any atom is 0.319 e. The van der Waals surface area contributed by atoms with E-state index in [1.54, 1.807) is 18.0 Å². The van der Waals surface area contributed by atoms with Crippen LogP contribution in [0.15, 0.2) is 47.5 Å². The van der Waals surface area contributed by atoms with Crippen LogP contribution in [-0.2, 0) is 0 Å². The maximum atomic E-state index is 12.4. The normalized spacial score (nSPS) is 14.7. The summed E-state index contributed by atoms with van der Waals surface area (Å²) >= 11 is 1.74. The van der Waals surface area contributed by atoms with Gasteiger partial charge in [0.15, 0.2) is 0 Å². The molecule has 156 valence electrons. The topological polar surface area (TPSA) is 45.7 Å². The Kier molecular flexibility index (Phi) is 7.81. The number of thioether (sulfide) groups is 1. The number of likely N-dealkylation sites (tertiary alicyclic amines) is 1. The van der Waals surface area contributed by atoms with Gasteiger partial charge in [-0.25, -0.2) is 4.79 Å². The van der Waals surface area contributed by atoms with Crippen molar-refractivity contribution in [2.45, 2.75) is 31.6 Å². The van der Waals surface area contributed by atoms with E-state index in [0.29, 0.717) is 12.5 Å². The number of aromatic nitrogens is 1. The molecule has 1 saturated heterocycles.